The van der Waals surface area contributed by atoms with Crippen molar-refractivity contribution in [3.63, 3.8) is 0 Å². The SMILES string of the molecule is Cc1c(Br)cn2nc(Cl)nc(NCc3ccccc3F)c12. The molecule has 3 aromatic rings. The van der Waals surface area contributed by atoms with Crippen LogP contribution in [0.3, 0.4) is 0 Å². The number of fused-ring (bicyclic) bond motifs is 1. The number of halogens is 3. The number of nitrogens with one attached hydrogen (secondary N) is 1. The van der Waals surface area contributed by atoms with Crippen LogP contribution in [0.1, 0.15) is 11.1 Å². The van der Waals surface area contributed by atoms with Gasteiger partial charge >= 0.3 is 0 Å². The number of anilines is 1. The molecule has 2 aromatic heterocycles. The lowest BCUT2D eigenvalue weighted by atomic mass is 10.2. The molecular formula is C14H11BrClFN4. The summed E-state index contributed by atoms with van der Waals surface area (Å²) >= 11 is 9.38. The first-order chi connectivity index (χ1) is 10.1. The molecule has 0 aliphatic heterocycles. The van der Waals surface area contributed by atoms with E-state index < -0.39 is 0 Å². The van der Waals surface area contributed by atoms with E-state index in [9.17, 15) is 4.39 Å². The van der Waals surface area contributed by atoms with Gasteiger partial charge in [0.15, 0.2) is 5.82 Å². The Morgan fingerprint density at radius 2 is 2.14 bits per heavy atom. The summed E-state index contributed by atoms with van der Waals surface area (Å²) in [7, 11) is 0. The minimum absolute atomic E-state index is 0.126. The normalized spacial score (nSPS) is 11.0. The summed E-state index contributed by atoms with van der Waals surface area (Å²) in [4.78, 5) is 4.20. The van der Waals surface area contributed by atoms with E-state index in [4.69, 9.17) is 11.6 Å². The second kappa shape index (κ2) is 5.61. The molecule has 0 aliphatic carbocycles. The van der Waals surface area contributed by atoms with E-state index in [1.807, 2.05) is 13.1 Å². The number of benzene rings is 1. The molecule has 2 heterocycles. The highest BCUT2D eigenvalue weighted by molar-refractivity contribution is 9.10. The first-order valence-corrected chi connectivity index (χ1v) is 7.41. The van der Waals surface area contributed by atoms with Gasteiger partial charge < -0.3 is 5.32 Å². The van der Waals surface area contributed by atoms with Crippen molar-refractivity contribution in [1.82, 2.24) is 14.6 Å². The minimum atomic E-state index is -0.255. The lowest BCUT2D eigenvalue weighted by Crippen LogP contribution is -2.07. The minimum Gasteiger partial charge on any atom is -0.364 e. The number of aryl methyl sites for hydroxylation is 1. The molecule has 0 amide bonds. The summed E-state index contributed by atoms with van der Waals surface area (Å²) in [6, 6.07) is 6.61. The van der Waals surface area contributed by atoms with Crippen molar-refractivity contribution in [2.24, 2.45) is 0 Å². The monoisotopic (exact) mass is 368 g/mol. The predicted molar refractivity (Wildman–Crippen MR) is 84.2 cm³/mol. The van der Waals surface area contributed by atoms with Crippen LogP contribution in [-0.2, 0) is 6.54 Å². The van der Waals surface area contributed by atoms with Gasteiger partial charge in [0.05, 0.1) is 0 Å². The molecule has 21 heavy (non-hydrogen) atoms. The quantitative estimate of drug-likeness (QED) is 0.752. The molecule has 0 radical (unpaired) electrons. The molecule has 0 aliphatic rings. The third kappa shape index (κ3) is 2.73. The average Bonchev–Trinajstić information content (AvgIpc) is 2.72. The smallest absolute Gasteiger partial charge is 0.243 e. The fourth-order valence-electron chi connectivity index (χ4n) is 2.12. The van der Waals surface area contributed by atoms with Gasteiger partial charge in [-0.1, -0.05) is 18.2 Å². The maximum absolute atomic E-state index is 13.7. The van der Waals surface area contributed by atoms with Gasteiger partial charge in [0.25, 0.3) is 0 Å². The molecule has 1 aromatic carbocycles. The van der Waals surface area contributed by atoms with E-state index in [0.29, 0.717) is 17.9 Å². The molecule has 4 nitrogen and oxygen atoms in total. The second-order valence-electron chi connectivity index (χ2n) is 4.57. The third-order valence-corrected chi connectivity index (χ3v) is 4.16. The van der Waals surface area contributed by atoms with Gasteiger partial charge in [-0.25, -0.2) is 8.91 Å². The fraction of sp³-hybridized carbons (Fsp3) is 0.143. The lowest BCUT2D eigenvalue weighted by Gasteiger charge is -2.09. The van der Waals surface area contributed by atoms with E-state index in [1.165, 1.54) is 6.07 Å². The molecule has 0 spiro atoms. The Morgan fingerprint density at radius 1 is 1.38 bits per heavy atom. The van der Waals surface area contributed by atoms with Crippen LogP contribution in [0.2, 0.25) is 5.28 Å². The molecule has 1 N–H and O–H groups in total. The maximum atomic E-state index is 13.7. The van der Waals surface area contributed by atoms with Gasteiger partial charge in [-0.15, -0.1) is 5.10 Å². The van der Waals surface area contributed by atoms with Crippen molar-refractivity contribution < 1.29 is 4.39 Å². The molecule has 0 saturated heterocycles. The van der Waals surface area contributed by atoms with Crippen molar-refractivity contribution in [1.29, 1.82) is 0 Å². The van der Waals surface area contributed by atoms with Crippen LogP contribution in [-0.4, -0.2) is 14.6 Å². The first kappa shape index (κ1) is 14.3. The Bertz CT molecular complexity index is 818. The van der Waals surface area contributed by atoms with Crippen LogP contribution in [0, 0.1) is 12.7 Å². The summed E-state index contributed by atoms with van der Waals surface area (Å²) in [5.74, 6) is 0.316. The zero-order valence-corrected chi connectivity index (χ0v) is 13.4. The summed E-state index contributed by atoms with van der Waals surface area (Å²) in [5.41, 5.74) is 2.36. The molecular weight excluding hydrogens is 359 g/mol. The highest BCUT2D eigenvalue weighted by Crippen LogP contribution is 2.27. The highest BCUT2D eigenvalue weighted by Gasteiger charge is 2.13. The van der Waals surface area contributed by atoms with Gasteiger partial charge in [0.2, 0.25) is 5.28 Å². The molecule has 0 fully saturated rings. The van der Waals surface area contributed by atoms with Crippen LogP contribution in [0.5, 0.6) is 0 Å². The highest BCUT2D eigenvalue weighted by atomic mass is 79.9. The Labute approximate surface area is 134 Å². The average molecular weight is 370 g/mol. The van der Waals surface area contributed by atoms with E-state index >= 15 is 0 Å². The summed E-state index contributed by atoms with van der Waals surface area (Å²) in [6.45, 7) is 2.27. The Balaban J connectivity index is 1.99. The van der Waals surface area contributed by atoms with Crippen LogP contribution in [0.4, 0.5) is 10.2 Å². The molecule has 7 heteroatoms. The molecule has 3 rings (SSSR count). The van der Waals surface area contributed by atoms with E-state index in [2.05, 4.69) is 31.3 Å². The predicted octanol–water partition coefficient (Wildman–Crippen LogP) is 4.20. The molecule has 0 unspecified atom stereocenters. The Kier molecular flexibility index (Phi) is 3.82. The molecule has 0 bridgehead atoms. The van der Waals surface area contributed by atoms with Crippen molar-refractivity contribution in [3.8, 4) is 0 Å². The maximum Gasteiger partial charge on any atom is 0.243 e. The van der Waals surface area contributed by atoms with E-state index in [1.54, 1.807) is 22.7 Å². The Hall–Kier alpha value is -1.66. The number of hydrogen-bond acceptors (Lipinski definition) is 3. The number of aromatic nitrogens is 3. The van der Waals surface area contributed by atoms with Crippen LogP contribution >= 0.6 is 27.5 Å². The number of rotatable bonds is 3. The van der Waals surface area contributed by atoms with Crippen molar-refractivity contribution >= 4 is 38.9 Å². The number of hydrogen-bond donors (Lipinski definition) is 1. The largest absolute Gasteiger partial charge is 0.364 e. The lowest BCUT2D eigenvalue weighted by molar-refractivity contribution is 0.613. The van der Waals surface area contributed by atoms with Crippen LogP contribution in [0.25, 0.3) is 5.52 Å². The van der Waals surface area contributed by atoms with Gasteiger partial charge in [-0.2, -0.15) is 4.98 Å². The third-order valence-electron chi connectivity index (χ3n) is 3.20. The zero-order valence-electron chi connectivity index (χ0n) is 11.1. The van der Waals surface area contributed by atoms with E-state index in [-0.39, 0.29) is 11.1 Å². The van der Waals surface area contributed by atoms with Gasteiger partial charge in [-0.05, 0) is 46.1 Å². The Morgan fingerprint density at radius 3 is 2.90 bits per heavy atom. The van der Waals surface area contributed by atoms with Gasteiger partial charge in [0, 0.05) is 22.8 Å². The summed E-state index contributed by atoms with van der Waals surface area (Å²) in [6.07, 6.45) is 1.81. The summed E-state index contributed by atoms with van der Waals surface area (Å²) < 4.78 is 16.2. The van der Waals surface area contributed by atoms with Crippen molar-refractivity contribution in [2.45, 2.75) is 13.5 Å². The topological polar surface area (TPSA) is 42.2 Å². The van der Waals surface area contributed by atoms with Crippen LogP contribution in [0.15, 0.2) is 34.9 Å². The fourth-order valence-corrected chi connectivity index (χ4v) is 2.67. The summed E-state index contributed by atoms with van der Waals surface area (Å²) in [5, 5.41) is 7.37. The molecule has 108 valence electrons. The molecule has 0 atom stereocenters. The molecule has 0 saturated carbocycles. The van der Waals surface area contributed by atoms with Gasteiger partial charge in [0.1, 0.15) is 11.3 Å². The van der Waals surface area contributed by atoms with E-state index in [0.717, 1.165) is 15.6 Å². The zero-order chi connectivity index (χ0) is 15.0. The standard InChI is InChI=1S/C14H11BrClFN4/c1-8-10(15)7-21-12(8)13(19-14(16)20-21)18-6-9-4-2-3-5-11(9)17/h2-5,7H,6H2,1H3,(H,18,19,20). The van der Waals surface area contributed by atoms with Crippen molar-refractivity contribution in [2.75, 3.05) is 5.32 Å². The number of nitrogens with zero attached hydrogens (tertiary/aromatic N) is 3. The van der Waals surface area contributed by atoms with Crippen molar-refractivity contribution in [3.05, 3.63) is 57.2 Å². The first-order valence-electron chi connectivity index (χ1n) is 6.24. The van der Waals surface area contributed by atoms with Gasteiger partial charge in [-0.3, -0.25) is 0 Å². The second-order valence-corrected chi connectivity index (χ2v) is 5.76. The van der Waals surface area contributed by atoms with Crippen LogP contribution < -0.4 is 5.32 Å².